The van der Waals surface area contributed by atoms with Gasteiger partial charge >= 0.3 is 5.97 Å². The van der Waals surface area contributed by atoms with Gasteiger partial charge in [-0.3, -0.25) is 9.59 Å². The Kier molecular flexibility index (Phi) is 7.08. The SMILES string of the molecule is CNC(=O)c1ccc(C[NH+](C)CC(=O)Nc2ccccc2C(=O)OC)cc1. The molecule has 0 fully saturated rings. The number of carbonyl (C=O) groups is 3. The monoisotopic (exact) mass is 370 g/mol. The van der Waals surface area contributed by atoms with Crippen molar-refractivity contribution >= 4 is 23.5 Å². The minimum Gasteiger partial charge on any atom is -0.465 e. The molecule has 3 N–H and O–H groups in total. The summed E-state index contributed by atoms with van der Waals surface area (Å²) in [5.74, 6) is -0.834. The lowest BCUT2D eigenvalue weighted by atomic mass is 10.1. The van der Waals surface area contributed by atoms with Gasteiger partial charge in [-0.2, -0.15) is 0 Å². The lowest BCUT2D eigenvalue weighted by Gasteiger charge is -2.15. The normalized spacial score (nSPS) is 11.4. The molecule has 2 amide bonds. The Balaban J connectivity index is 1.94. The zero-order valence-corrected chi connectivity index (χ0v) is 15.7. The van der Waals surface area contributed by atoms with E-state index in [0.717, 1.165) is 10.5 Å². The zero-order valence-electron chi connectivity index (χ0n) is 15.7. The van der Waals surface area contributed by atoms with Crippen molar-refractivity contribution in [1.29, 1.82) is 0 Å². The van der Waals surface area contributed by atoms with Crippen LogP contribution in [0.1, 0.15) is 26.3 Å². The van der Waals surface area contributed by atoms with Crippen LogP contribution in [0.4, 0.5) is 5.69 Å². The Bertz CT molecular complexity index is 818. The number of benzene rings is 2. The smallest absolute Gasteiger partial charge is 0.339 e. The first kappa shape index (κ1) is 20.1. The van der Waals surface area contributed by atoms with Crippen LogP contribution in [0.25, 0.3) is 0 Å². The highest BCUT2D eigenvalue weighted by Gasteiger charge is 2.16. The van der Waals surface area contributed by atoms with E-state index in [1.165, 1.54) is 7.11 Å². The fraction of sp³-hybridized carbons (Fsp3) is 0.250. The summed E-state index contributed by atoms with van der Waals surface area (Å²) in [6, 6.07) is 14.0. The van der Waals surface area contributed by atoms with Gasteiger partial charge < -0.3 is 20.3 Å². The third-order valence-electron chi connectivity index (χ3n) is 4.02. The summed E-state index contributed by atoms with van der Waals surface area (Å²) in [4.78, 5) is 36.6. The Morgan fingerprint density at radius 2 is 1.70 bits per heavy atom. The maximum atomic E-state index is 12.3. The van der Waals surface area contributed by atoms with Crippen molar-refractivity contribution in [3.8, 4) is 0 Å². The number of ether oxygens (including phenoxy) is 1. The molecular formula is C20H24N3O4+. The molecule has 0 saturated carbocycles. The van der Waals surface area contributed by atoms with Crippen molar-refractivity contribution in [2.45, 2.75) is 6.54 Å². The molecule has 0 aliphatic carbocycles. The number of hydrogen-bond donors (Lipinski definition) is 3. The van der Waals surface area contributed by atoms with Crippen molar-refractivity contribution in [3.63, 3.8) is 0 Å². The van der Waals surface area contributed by atoms with Gasteiger partial charge in [-0.1, -0.05) is 24.3 Å². The molecule has 0 aromatic heterocycles. The fourth-order valence-electron chi connectivity index (χ4n) is 2.68. The molecule has 142 valence electrons. The molecule has 2 aromatic carbocycles. The molecule has 7 heteroatoms. The molecule has 27 heavy (non-hydrogen) atoms. The highest BCUT2D eigenvalue weighted by molar-refractivity contribution is 6.01. The number of quaternary nitrogens is 1. The van der Waals surface area contributed by atoms with Crippen molar-refractivity contribution in [2.75, 3.05) is 33.1 Å². The molecule has 0 heterocycles. The molecule has 0 saturated heterocycles. The summed E-state index contributed by atoms with van der Waals surface area (Å²) >= 11 is 0. The third-order valence-corrected chi connectivity index (χ3v) is 4.02. The third kappa shape index (κ3) is 5.65. The summed E-state index contributed by atoms with van der Waals surface area (Å²) in [5.41, 5.74) is 2.35. The van der Waals surface area contributed by atoms with Gasteiger partial charge in [0, 0.05) is 18.2 Å². The van der Waals surface area contributed by atoms with E-state index >= 15 is 0 Å². The van der Waals surface area contributed by atoms with Crippen LogP contribution >= 0.6 is 0 Å². The number of anilines is 1. The number of methoxy groups -OCH3 is 1. The standard InChI is InChI=1S/C20H23N3O4/c1-21-19(25)15-10-8-14(9-11-15)12-23(2)13-18(24)22-17-7-5-4-6-16(17)20(26)27-3/h4-11H,12-13H2,1-3H3,(H,21,25)(H,22,24)/p+1. The number of amides is 2. The lowest BCUT2D eigenvalue weighted by molar-refractivity contribution is -0.885. The second kappa shape index (κ2) is 9.49. The summed E-state index contributed by atoms with van der Waals surface area (Å²) in [6.07, 6.45) is 0. The predicted octanol–water partition coefficient (Wildman–Crippen LogP) is 0.486. The van der Waals surface area contributed by atoms with Gasteiger partial charge in [0.25, 0.3) is 11.8 Å². The largest absolute Gasteiger partial charge is 0.465 e. The highest BCUT2D eigenvalue weighted by atomic mass is 16.5. The second-order valence-electron chi connectivity index (χ2n) is 6.17. The van der Waals surface area contributed by atoms with Crippen molar-refractivity contribution in [2.24, 2.45) is 0 Å². The predicted molar refractivity (Wildman–Crippen MR) is 102 cm³/mol. The summed E-state index contributed by atoms with van der Waals surface area (Å²) < 4.78 is 4.73. The van der Waals surface area contributed by atoms with Crippen LogP contribution in [0.2, 0.25) is 0 Å². The van der Waals surface area contributed by atoms with Crippen LogP contribution in [0.5, 0.6) is 0 Å². The molecular weight excluding hydrogens is 346 g/mol. The Hall–Kier alpha value is -3.19. The van der Waals surface area contributed by atoms with Crippen molar-refractivity contribution in [1.82, 2.24) is 5.32 Å². The van der Waals surface area contributed by atoms with Crippen LogP contribution < -0.4 is 15.5 Å². The van der Waals surface area contributed by atoms with Gasteiger partial charge in [0.05, 0.1) is 25.4 Å². The van der Waals surface area contributed by atoms with Crippen LogP contribution in [0.15, 0.2) is 48.5 Å². The molecule has 0 aliphatic heterocycles. The van der Waals surface area contributed by atoms with E-state index in [4.69, 9.17) is 4.74 Å². The van der Waals surface area contributed by atoms with Gasteiger partial charge in [0.2, 0.25) is 0 Å². The first-order valence-corrected chi connectivity index (χ1v) is 8.54. The van der Waals surface area contributed by atoms with Gasteiger partial charge in [-0.05, 0) is 24.3 Å². The molecule has 0 bridgehead atoms. The summed E-state index contributed by atoms with van der Waals surface area (Å²) in [5, 5.41) is 5.34. The van der Waals surface area contributed by atoms with Crippen molar-refractivity contribution in [3.05, 3.63) is 65.2 Å². The molecule has 0 spiro atoms. The average Bonchev–Trinajstić information content (AvgIpc) is 2.67. The maximum absolute atomic E-state index is 12.3. The number of likely N-dealkylation sites (N-methyl/N-ethyl adjacent to an activating group) is 1. The summed E-state index contributed by atoms with van der Waals surface area (Å²) in [7, 11) is 4.79. The van der Waals surface area contributed by atoms with E-state index < -0.39 is 5.97 Å². The highest BCUT2D eigenvalue weighted by Crippen LogP contribution is 2.15. The summed E-state index contributed by atoms with van der Waals surface area (Å²) in [6.45, 7) is 0.854. The van der Waals surface area contributed by atoms with Gasteiger partial charge in [0.15, 0.2) is 6.54 Å². The van der Waals surface area contributed by atoms with E-state index in [2.05, 4.69) is 10.6 Å². The quantitative estimate of drug-likeness (QED) is 0.619. The number of hydrogen-bond acceptors (Lipinski definition) is 4. The first-order valence-electron chi connectivity index (χ1n) is 8.54. The molecule has 1 atom stereocenters. The first-order chi connectivity index (χ1) is 12.9. The number of nitrogens with one attached hydrogen (secondary N) is 3. The number of rotatable bonds is 7. The Morgan fingerprint density at radius 3 is 2.33 bits per heavy atom. The van der Waals surface area contributed by atoms with Crippen LogP contribution in [0.3, 0.4) is 0 Å². The molecule has 2 aromatic rings. The molecule has 0 aliphatic rings. The average molecular weight is 370 g/mol. The van der Waals surface area contributed by atoms with E-state index in [9.17, 15) is 14.4 Å². The number of para-hydroxylation sites is 1. The maximum Gasteiger partial charge on any atom is 0.339 e. The topological polar surface area (TPSA) is 88.9 Å². The molecule has 7 nitrogen and oxygen atoms in total. The van der Waals surface area contributed by atoms with E-state index in [-0.39, 0.29) is 18.4 Å². The number of esters is 1. The van der Waals surface area contributed by atoms with Crippen LogP contribution in [0, 0.1) is 0 Å². The molecule has 0 radical (unpaired) electrons. The Morgan fingerprint density at radius 1 is 1.04 bits per heavy atom. The lowest BCUT2D eigenvalue weighted by Crippen LogP contribution is -3.08. The van der Waals surface area contributed by atoms with E-state index in [0.29, 0.717) is 23.4 Å². The minimum atomic E-state index is -0.497. The van der Waals surface area contributed by atoms with E-state index in [1.807, 2.05) is 19.2 Å². The zero-order chi connectivity index (χ0) is 19.8. The van der Waals surface area contributed by atoms with E-state index in [1.54, 1.807) is 43.4 Å². The van der Waals surface area contributed by atoms with Gasteiger partial charge in [-0.25, -0.2) is 4.79 Å². The molecule has 1 unspecified atom stereocenters. The number of carbonyl (C=O) groups excluding carboxylic acids is 3. The fourth-order valence-corrected chi connectivity index (χ4v) is 2.68. The second-order valence-corrected chi connectivity index (χ2v) is 6.17. The Labute approximate surface area is 158 Å². The van der Waals surface area contributed by atoms with Crippen LogP contribution in [-0.4, -0.2) is 45.5 Å². The molecule has 2 rings (SSSR count). The van der Waals surface area contributed by atoms with Crippen LogP contribution in [-0.2, 0) is 16.1 Å². The van der Waals surface area contributed by atoms with Gasteiger partial charge in [-0.15, -0.1) is 0 Å². The van der Waals surface area contributed by atoms with Gasteiger partial charge in [0.1, 0.15) is 6.54 Å². The minimum absolute atomic E-state index is 0.133. The van der Waals surface area contributed by atoms with Crippen molar-refractivity contribution < 1.29 is 24.0 Å².